The molecule has 0 aliphatic heterocycles. The number of fused-ring (bicyclic) bond motifs is 3. The maximum absolute atomic E-state index is 13.7. The third-order valence-corrected chi connectivity index (χ3v) is 5.94. The molecule has 0 heterocycles. The van der Waals surface area contributed by atoms with E-state index in [0.717, 1.165) is 11.1 Å². The van der Waals surface area contributed by atoms with Gasteiger partial charge in [0, 0.05) is 5.92 Å². The summed E-state index contributed by atoms with van der Waals surface area (Å²) in [5, 5.41) is 13.7. The van der Waals surface area contributed by atoms with E-state index in [4.69, 9.17) is 0 Å². The molecule has 0 radical (unpaired) electrons. The van der Waals surface area contributed by atoms with Crippen LogP contribution < -0.4 is 56.5 Å². The van der Waals surface area contributed by atoms with Crippen molar-refractivity contribution < 1.29 is 56.5 Å². The Hall–Kier alpha value is -0.904. The molecule has 0 spiro atoms. The van der Waals surface area contributed by atoms with E-state index in [1.807, 2.05) is 0 Å². The van der Waals surface area contributed by atoms with Crippen LogP contribution in [0.25, 0.3) is 11.1 Å². The first-order valence-electron chi connectivity index (χ1n) is 10.1. The van der Waals surface area contributed by atoms with Crippen LogP contribution in [0, 0.1) is 0 Å². The van der Waals surface area contributed by atoms with E-state index in [1.54, 1.807) is 0 Å². The van der Waals surface area contributed by atoms with E-state index in [9.17, 15) is 5.11 Å². The Labute approximate surface area is 218 Å². The Morgan fingerprint density at radius 1 is 0.655 bits per heavy atom. The van der Waals surface area contributed by atoms with Gasteiger partial charge in [-0.3, -0.25) is 0 Å². The van der Waals surface area contributed by atoms with E-state index in [2.05, 4.69) is 102 Å². The van der Waals surface area contributed by atoms with Gasteiger partial charge in [0.2, 0.25) is 0 Å². The third kappa shape index (κ3) is 4.03. The van der Waals surface area contributed by atoms with Crippen molar-refractivity contribution in [3.8, 4) is 16.9 Å². The predicted molar refractivity (Wildman–Crippen MR) is 116 cm³/mol. The molecule has 0 N–H and O–H groups in total. The SMILES string of the molecule is CC(C)(C)c1cc(C2c3ccccc3-c3ccccc32)c([O-])c(C(C)(C)C)c1.[K+]. The summed E-state index contributed by atoms with van der Waals surface area (Å²) in [6.07, 6.45) is 0. The number of benzene rings is 3. The topological polar surface area (TPSA) is 23.1 Å². The van der Waals surface area contributed by atoms with Crippen molar-refractivity contribution in [2.75, 3.05) is 0 Å². The van der Waals surface area contributed by atoms with E-state index in [0.29, 0.717) is 0 Å². The normalized spacial score (nSPS) is 13.6. The molecule has 0 unspecified atom stereocenters. The number of hydrogen-bond acceptors (Lipinski definition) is 1. The fraction of sp³-hybridized carbons (Fsp3) is 0.333. The van der Waals surface area contributed by atoms with Crippen LogP contribution in [0.4, 0.5) is 0 Å². The van der Waals surface area contributed by atoms with Gasteiger partial charge in [-0.1, -0.05) is 102 Å². The average Bonchev–Trinajstić information content (AvgIpc) is 2.94. The minimum Gasteiger partial charge on any atom is -0.872 e. The summed E-state index contributed by atoms with van der Waals surface area (Å²) in [4.78, 5) is 0. The first-order valence-corrected chi connectivity index (χ1v) is 10.1. The zero-order valence-electron chi connectivity index (χ0n) is 18.8. The van der Waals surface area contributed by atoms with Crippen LogP contribution in [-0.2, 0) is 10.8 Å². The average molecular weight is 409 g/mol. The fourth-order valence-electron chi connectivity index (χ4n) is 4.35. The summed E-state index contributed by atoms with van der Waals surface area (Å²) >= 11 is 0. The van der Waals surface area contributed by atoms with Gasteiger partial charge in [-0.25, -0.2) is 0 Å². The number of rotatable bonds is 1. The van der Waals surface area contributed by atoms with Gasteiger partial charge in [0.1, 0.15) is 0 Å². The van der Waals surface area contributed by atoms with Crippen molar-refractivity contribution in [1.82, 2.24) is 0 Å². The molecule has 0 amide bonds. The van der Waals surface area contributed by atoms with Crippen LogP contribution in [0.2, 0.25) is 0 Å². The summed E-state index contributed by atoms with van der Waals surface area (Å²) in [7, 11) is 0. The van der Waals surface area contributed by atoms with Gasteiger partial charge in [-0.05, 0) is 49.8 Å². The first-order chi connectivity index (χ1) is 13.1. The van der Waals surface area contributed by atoms with Crippen LogP contribution >= 0.6 is 0 Å². The van der Waals surface area contributed by atoms with Crippen molar-refractivity contribution in [2.24, 2.45) is 0 Å². The molecule has 0 atom stereocenters. The molecule has 3 aromatic carbocycles. The maximum atomic E-state index is 13.7. The molecular formula is C27H29KO. The van der Waals surface area contributed by atoms with Crippen LogP contribution in [0.5, 0.6) is 5.75 Å². The molecule has 4 rings (SSSR count). The monoisotopic (exact) mass is 408 g/mol. The van der Waals surface area contributed by atoms with Crippen LogP contribution in [-0.4, -0.2) is 0 Å². The second-order valence-corrected chi connectivity index (χ2v) is 10.0. The van der Waals surface area contributed by atoms with Gasteiger partial charge in [0.15, 0.2) is 0 Å². The molecule has 3 aromatic rings. The summed E-state index contributed by atoms with van der Waals surface area (Å²) in [6.45, 7) is 13.1. The van der Waals surface area contributed by atoms with Gasteiger partial charge in [-0.2, -0.15) is 0 Å². The minimum absolute atomic E-state index is 0. The zero-order chi connectivity index (χ0) is 20.3. The van der Waals surface area contributed by atoms with Gasteiger partial charge >= 0.3 is 51.4 Å². The van der Waals surface area contributed by atoms with Crippen LogP contribution in [0.3, 0.4) is 0 Å². The molecule has 0 fully saturated rings. The van der Waals surface area contributed by atoms with Gasteiger partial charge in [0.25, 0.3) is 0 Å². The van der Waals surface area contributed by atoms with E-state index < -0.39 is 0 Å². The van der Waals surface area contributed by atoms with Crippen molar-refractivity contribution in [3.05, 3.63) is 88.5 Å². The van der Waals surface area contributed by atoms with Gasteiger partial charge in [-0.15, -0.1) is 5.75 Å². The summed E-state index contributed by atoms with van der Waals surface area (Å²) in [6, 6.07) is 21.4. The Morgan fingerprint density at radius 2 is 1.14 bits per heavy atom. The minimum atomic E-state index is -0.190. The number of hydrogen-bond donors (Lipinski definition) is 0. The molecule has 0 bridgehead atoms. The van der Waals surface area contributed by atoms with Crippen LogP contribution in [0.1, 0.15) is 75.3 Å². The quantitative estimate of drug-likeness (QED) is 0.442. The zero-order valence-corrected chi connectivity index (χ0v) is 21.9. The maximum Gasteiger partial charge on any atom is 1.00 e. The van der Waals surface area contributed by atoms with Crippen molar-refractivity contribution in [1.29, 1.82) is 0 Å². The van der Waals surface area contributed by atoms with Gasteiger partial charge < -0.3 is 5.11 Å². The predicted octanol–water partition coefficient (Wildman–Crippen LogP) is 3.52. The fourth-order valence-corrected chi connectivity index (χ4v) is 4.35. The molecule has 0 aromatic heterocycles. The van der Waals surface area contributed by atoms with E-state index >= 15 is 0 Å². The summed E-state index contributed by atoms with van der Waals surface area (Å²) < 4.78 is 0. The molecule has 29 heavy (non-hydrogen) atoms. The second-order valence-electron chi connectivity index (χ2n) is 10.0. The standard InChI is InChI=1S/C27H30O.K/c1-26(2,3)17-15-22(25(28)23(16-17)27(4,5)6)24-20-13-9-7-11-18(20)19-12-8-10-14-21(19)24;/h7-16,24,28H,1-6H3;/q;+1/p-1. The van der Waals surface area contributed by atoms with E-state index in [-0.39, 0.29) is 73.9 Å². The van der Waals surface area contributed by atoms with Crippen molar-refractivity contribution >= 4 is 0 Å². The molecule has 1 aliphatic rings. The molecule has 1 nitrogen and oxygen atoms in total. The van der Waals surface area contributed by atoms with E-state index in [1.165, 1.54) is 27.8 Å². The first kappa shape index (κ1) is 22.8. The largest absolute Gasteiger partial charge is 1.00 e. The van der Waals surface area contributed by atoms with Crippen molar-refractivity contribution in [3.63, 3.8) is 0 Å². The van der Waals surface area contributed by atoms with Gasteiger partial charge in [0.05, 0.1) is 0 Å². The summed E-state index contributed by atoms with van der Waals surface area (Å²) in [5.74, 6) is 0.195. The Morgan fingerprint density at radius 3 is 1.59 bits per heavy atom. The molecule has 144 valence electrons. The van der Waals surface area contributed by atoms with Crippen molar-refractivity contribution in [2.45, 2.75) is 58.3 Å². The summed E-state index contributed by atoms with van der Waals surface area (Å²) in [5.41, 5.74) is 7.84. The molecular weight excluding hydrogens is 379 g/mol. The molecule has 1 aliphatic carbocycles. The van der Waals surface area contributed by atoms with Crippen LogP contribution in [0.15, 0.2) is 60.7 Å². The molecule has 2 heteroatoms. The molecule has 0 saturated heterocycles. The molecule has 0 saturated carbocycles. The Kier molecular flexibility index (Phi) is 6.26. The Bertz CT molecular complexity index is 1010. The third-order valence-electron chi connectivity index (χ3n) is 5.94. The Balaban J connectivity index is 0.00000240. The smallest absolute Gasteiger partial charge is 0.872 e. The second kappa shape index (κ2) is 7.98.